The Kier molecular flexibility index (Phi) is 5.10. The van der Waals surface area contributed by atoms with E-state index in [4.69, 9.17) is 11.6 Å². The number of para-hydroxylation sites is 1. The standard InChI is InChI=1S/C17H21ClN2O/c1-19(2)15-9-5-4-7-13(15)11-20(3)12-14-8-6-10-16(21)17(14)18/h4-10,21H,11-12H2,1-3H3. The lowest BCUT2D eigenvalue weighted by molar-refractivity contribution is 0.319. The zero-order valence-electron chi connectivity index (χ0n) is 12.7. The fourth-order valence-electron chi connectivity index (χ4n) is 2.41. The summed E-state index contributed by atoms with van der Waals surface area (Å²) in [5.41, 5.74) is 3.41. The number of rotatable bonds is 5. The molecule has 0 unspecified atom stereocenters. The zero-order chi connectivity index (χ0) is 15.4. The SMILES string of the molecule is CN(Cc1ccccc1N(C)C)Cc1cccc(O)c1Cl. The van der Waals surface area contributed by atoms with Gasteiger partial charge in [-0.05, 0) is 30.3 Å². The van der Waals surface area contributed by atoms with E-state index in [-0.39, 0.29) is 5.75 Å². The van der Waals surface area contributed by atoms with Crippen molar-refractivity contribution in [2.45, 2.75) is 13.1 Å². The lowest BCUT2D eigenvalue weighted by Crippen LogP contribution is -2.20. The van der Waals surface area contributed by atoms with E-state index in [0.717, 1.165) is 12.1 Å². The molecule has 0 radical (unpaired) electrons. The lowest BCUT2D eigenvalue weighted by atomic mass is 10.1. The number of phenolic OH excluding ortho intramolecular Hbond substituents is 1. The van der Waals surface area contributed by atoms with Crippen LogP contribution in [0.15, 0.2) is 42.5 Å². The minimum atomic E-state index is 0.135. The molecule has 0 aromatic heterocycles. The van der Waals surface area contributed by atoms with E-state index in [2.05, 4.69) is 28.0 Å². The molecule has 2 aromatic carbocycles. The topological polar surface area (TPSA) is 26.7 Å². The van der Waals surface area contributed by atoms with Gasteiger partial charge in [0, 0.05) is 32.9 Å². The minimum absolute atomic E-state index is 0.135. The summed E-state index contributed by atoms with van der Waals surface area (Å²) in [6.45, 7) is 1.51. The smallest absolute Gasteiger partial charge is 0.134 e. The predicted octanol–water partition coefficient (Wildman–Crippen LogP) is 3.74. The van der Waals surface area contributed by atoms with Crippen molar-refractivity contribution in [3.05, 3.63) is 58.6 Å². The van der Waals surface area contributed by atoms with Gasteiger partial charge >= 0.3 is 0 Å². The third-order valence-corrected chi connectivity index (χ3v) is 3.85. The number of anilines is 1. The summed E-state index contributed by atoms with van der Waals surface area (Å²) < 4.78 is 0. The number of phenols is 1. The average Bonchev–Trinajstić information content (AvgIpc) is 2.44. The van der Waals surface area contributed by atoms with Crippen molar-refractivity contribution in [1.29, 1.82) is 0 Å². The fourth-order valence-corrected chi connectivity index (χ4v) is 2.59. The molecule has 0 saturated carbocycles. The van der Waals surface area contributed by atoms with E-state index >= 15 is 0 Å². The monoisotopic (exact) mass is 304 g/mol. The fraction of sp³-hybridized carbons (Fsp3) is 0.294. The molecule has 0 fully saturated rings. The molecule has 0 atom stereocenters. The largest absolute Gasteiger partial charge is 0.506 e. The first-order valence-corrected chi connectivity index (χ1v) is 7.27. The second kappa shape index (κ2) is 6.83. The van der Waals surface area contributed by atoms with E-state index in [1.807, 2.05) is 39.3 Å². The first-order valence-electron chi connectivity index (χ1n) is 6.89. The molecule has 4 heteroatoms. The molecule has 2 aromatic rings. The zero-order valence-corrected chi connectivity index (χ0v) is 13.4. The average molecular weight is 305 g/mol. The van der Waals surface area contributed by atoms with E-state index in [9.17, 15) is 5.11 Å². The van der Waals surface area contributed by atoms with Crippen LogP contribution in [0.4, 0.5) is 5.69 Å². The first kappa shape index (κ1) is 15.7. The molecule has 0 aliphatic rings. The maximum atomic E-state index is 9.66. The lowest BCUT2D eigenvalue weighted by Gasteiger charge is -2.22. The van der Waals surface area contributed by atoms with Gasteiger partial charge in [-0.2, -0.15) is 0 Å². The molecular formula is C17H21ClN2O. The molecule has 0 bridgehead atoms. The number of nitrogens with zero attached hydrogens (tertiary/aromatic N) is 2. The molecule has 0 aliphatic carbocycles. The number of hydrogen-bond donors (Lipinski definition) is 1. The molecule has 2 rings (SSSR count). The molecule has 3 nitrogen and oxygen atoms in total. The molecule has 0 heterocycles. The van der Waals surface area contributed by atoms with Crippen LogP contribution in [-0.2, 0) is 13.1 Å². The maximum absolute atomic E-state index is 9.66. The minimum Gasteiger partial charge on any atom is -0.506 e. The van der Waals surface area contributed by atoms with Gasteiger partial charge in [0.25, 0.3) is 0 Å². The van der Waals surface area contributed by atoms with E-state index < -0.39 is 0 Å². The second-order valence-electron chi connectivity index (χ2n) is 5.45. The van der Waals surface area contributed by atoms with Gasteiger partial charge in [-0.25, -0.2) is 0 Å². The highest BCUT2D eigenvalue weighted by Gasteiger charge is 2.10. The summed E-state index contributed by atoms with van der Waals surface area (Å²) in [7, 11) is 6.14. The molecule has 112 valence electrons. The molecule has 0 aliphatic heterocycles. The third-order valence-electron chi connectivity index (χ3n) is 3.41. The summed E-state index contributed by atoms with van der Waals surface area (Å²) in [4.78, 5) is 4.30. The van der Waals surface area contributed by atoms with E-state index in [1.54, 1.807) is 6.07 Å². The van der Waals surface area contributed by atoms with Crippen molar-refractivity contribution in [1.82, 2.24) is 4.90 Å². The summed E-state index contributed by atoms with van der Waals surface area (Å²) >= 11 is 6.14. The number of halogens is 1. The van der Waals surface area contributed by atoms with Crippen LogP contribution in [0.2, 0.25) is 5.02 Å². The van der Waals surface area contributed by atoms with E-state index in [1.165, 1.54) is 11.3 Å². The predicted molar refractivity (Wildman–Crippen MR) is 89.1 cm³/mol. The van der Waals surface area contributed by atoms with E-state index in [0.29, 0.717) is 11.6 Å². The molecule has 0 amide bonds. The highest BCUT2D eigenvalue weighted by Crippen LogP contribution is 2.28. The van der Waals surface area contributed by atoms with Crippen molar-refractivity contribution in [3.8, 4) is 5.75 Å². The van der Waals surface area contributed by atoms with Gasteiger partial charge in [0.05, 0.1) is 5.02 Å². The van der Waals surface area contributed by atoms with Gasteiger partial charge < -0.3 is 10.0 Å². The van der Waals surface area contributed by atoms with Gasteiger partial charge in [-0.15, -0.1) is 0 Å². The molecule has 1 N–H and O–H groups in total. The Morgan fingerprint density at radius 1 is 0.905 bits per heavy atom. The van der Waals surface area contributed by atoms with Gasteiger partial charge in [-0.1, -0.05) is 41.9 Å². The van der Waals surface area contributed by atoms with Crippen molar-refractivity contribution in [3.63, 3.8) is 0 Å². The molecule has 0 spiro atoms. The van der Waals surface area contributed by atoms with Crippen LogP contribution in [0.25, 0.3) is 0 Å². The molecular weight excluding hydrogens is 284 g/mol. The third kappa shape index (κ3) is 3.90. The number of aromatic hydroxyl groups is 1. The normalized spacial score (nSPS) is 10.9. The quantitative estimate of drug-likeness (QED) is 0.911. The Bertz CT molecular complexity index is 613. The Balaban J connectivity index is 2.12. The Morgan fingerprint density at radius 2 is 1.52 bits per heavy atom. The van der Waals surface area contributed by atoms with Crippen LogP contribution in [0.3, 0.4) is 0 Å². The summed E-state index contributed by atoms with van der Waals surface area (Å²) in [6.07, 6.45) is 0. The van der Waals surface area contributed by atoms with Crippen LogP contribution >= 0.6 is 11.6 Å². The molecule has 21 heavy (non-hydrogen) atoms. The van der Waals surface area contributed by atoms with Crippen LogP contribution in [0.5, 0.6) is 5.75 Å². The Morgan fingerprint density at radius 3 is 2.24 bits per heavy atom. The Hall–Kier alpha value is -1.71. The summed E-state index contributed by atoms with van der Waals surface area (Å²) in [5.74, 6) is 0.135. The van der Waals surface area contributed by atoms with Crippen LogP contribution in [-0.4, -0.2) is 31.1 Å². The van der Waals surface area contributed by atoms with Crippen molar-refractivity contribution in [2.24, 2.45) is 0 Å². The Labute approximate surface area is 131 Å². The summed E-state index contributed by atoms with van der Waals surface area (Å²) in [6, 6.07) is 13.7. The number of benzene rings is 2. The first-order chi connectivity index (χ1) is 9.99. The highest BCUT2D eigenvalue weighted by molar-refractivity contribution is 6.32. The van der Waals surface area contributed by atoms with Crippen LogP contribution < -0.4 is 4.90 Å². The number of hydrogen-bond acceptors (Lipinski definition) is 3. The van der Waals surface area contributed by atoms with Gasteiger partial charge in [-0.3, -0.25) is 4.90 Å². The molecule has 0 saturated heterocycles. The summed E-state index contributed by atoms with van der Waals surface area (Å²) in [5, 5.41) is 10.1. The van der Waals surface area contributed by atoms with Crippen molar-refractivity contribution in [2.75, 3.05) is 26.0 Å². The van der Waals surface area contributed by atoms with Gasteiger partial charge in [0.2, 0.25) is 0 Å². The second-order valence-corrected chi connectivity index (χ2v) is 5.82. The maximum Gasteiger partial charge on any atom is 0.134 e. The van der Waals surface area contributed by atoms with Crippen molar-refractivity contribution >= 4 is 17.3 Å². The van der Waals surface area contributed by atoms with Gasteiger partial charge in [0.15, 0.2) is 0 Å². The van der Waals surface area contributed by atoms with Crippen LogP contribution in [0, 0.1) is 0 Å². The van der Waals surface area contributed by atoms with Gasteiger partial charge in [0.1, 0.15) is 5.75 Å². The highest BCUT2D eigenvalue weighted by atomic mass is 35.5. The van der Waals surface area contributed by atoms with Crippen molar-refractivity contribution < 1.29 is 5.11 Å². The van der Waals surface area contributed by atoms with Crippen LogP contribution in [0.1, 0.15) is 11.1 Å².